The Morgan fingerprint density at radius 3 is 2.88 bits per heavy atom. The second-order valence-corrected chi connectivity index (χ2v) is 6.44. The lowest BCUT2D eigenvalue weighted by molar-refractivity contribution is -0.120. The molecule has 3 rings (SSSR count). The van der Waals surface area contributed by atoms with E-state index in [0.29, 0.717) is 18.9 Å². The van der Waals surface area contributed by atoms with Crippen molar-refractivity contribution in [2.45, 2.75) is 39.7 Å². The molecular weight excluding hydrogens is 300 g/mol. The van der Waals surface area contributed by atoms with Crippen LogP contribution in [0.3, 0.4) is 0 Å². The van der Waals surface area contributed by atoms with Gasteiger partial charge in [0.2, 0.25) is 5.91 Å². The van der Waals surface area contributed by atoms with Crippen molar-refractivity contribution < 1.29 is 9.21 Å². The Bertz CT molecular complexity index is 851. The third-order valence-corrected chi connectivity index (χ3v) is 4.23. The zero-order chi connectivity index (χ0) is 17.1. The minimum absolute atomic E-state index is 0.0202. The van der Waals surface area contributed by atoms with Crippen LogP contribution >= 0.6 is 0 Å². The number of furan rings is 1. The molecule has 0 bridgehead atoms. The van der Waals surface area contributed by atoms with E-state index < -0.39 is 0 Å². The molecule has 24 heavy (non-hydrogen) atoms. The molecule has 1 N–H and O–H groups in total. The zero-order valence-electron chi connectivity index (χ0n) is 14.3. The molecule has 0 atom stereocenters. The van der Waals surface area contributed by atoms with Crippen molar-refractivity contribution in [1.82, 2.24) is 10.3 Å². The number of pyridine rings is 1. The van der Waals surface area contributed by atoms with Crippen molar-refractivity contribution in [3.8, 4) is 0 Å². The maximum atomic E-state index is 12.2. The number of hydrogen-bond donors (Lipinski definition) is 1. The first-order valence-electron chi connectivity index (χ1n) is 8.21. The molecule has 2 heterocycles. The zero-order valence-corrected chi connectivity index (χ0v) is 14.3. The third-order valence-electron chi connectivity index (χ3n) is 4.23. The Morgan fingerprint density at radius 2 is 2.17 bits per heavy atom. The van der Waals surface area contributed by atoms with E-state index in [1.54, 1.807) is 18.7 Å². The van der Waals surface area contributed by atoms with Crippen LogP contribution in [0.1, 0.15) is 42.0 Å². The van der Waals surface area contributed by atoms with Crippen molar-refractivity contribution >= 4 is 16.9 Å². The quantitative estimate of drug-likeness (QED) is 0.769. The van der Waals surface area contributed by atoms with Crippen molar-refractivity contribution in [3.63, 3.8) is 0 Å². The number of benzene rings is 1. The first kappa shape index (κ1) is 16.2. The van der Waals surface area contributed by atoms with E-state index in [1.165, 1.54) is 11.1 Å². The van der Waals surface area contributed by atoms with Crippen LogP contribution in [0.15, 0.2) is 47.3 Å². The molecule has 3 aromatic rings. The van der Waals surface area contributed by atoms with Gasteiger partial charge in [0.25, 0.3) is 0 Å². The van der Waals surface area contributed by atoms with Crippen molar-refractivity contribution in [3.05, 3.63) is 65.2 Å². The second-order valence-electron chi connectivity index (χ2n) is 6.44. The summed E-state index contributed by atoms with van der Waals surface area (Å²) in [5.74, 6) is 0.421. The van der Waals surface area contributed by atoms with Crippen LogP contribution in [0.5, 0.6) is 0 Å². The highest BCUT2D eigenvalue weighted by Gasteiger charge is 2.13. The van der Waals surface area contributed by atoms with Gasteiger partial charge in [0.05, 0.1) is 12.7 Å². The van der Waals surface area contributed by atoms with Gasteiger partial charge in [0.1, 0.15) is 5.58 Å². The average Bonchev–Trinajstić information content (AvgIpc) is 2.94. The van der Waals surface area contributed by atoms with Crippen LogP contribution in [0.4, 0.5) is 0 Å². The van der Waals surface area contributed by atoms with Gasteiger partial charge in [-0.3, -0.25) is 9.78 Å². The normalized spacial score (nSPS) is 11.2. The first-order valence-corrected chi connectivity index (χ1v) is 8.21. The number of nitrogens with zero attached hydrogens (tertiary/aromatic N) is 1. The summed E-state index contributed by atoms with van der Waals surface area (Å²) in [4.78, 5) is 16.3. The molecule has 0 spiro atoms. The standard InChI is InChI=1S/C20H22N2O2/c1-13(2)17-9-18-16(12-24-19(18)7-14(17)3)8-20(23)22-11-15-5-4-6-21-10-15/h4-7,9-10,12-13H,8,11H2,1-3H3,(H,22,23). The molecule has 0 aliphatic heterocycles. The highest BCUT2D eigenvalue weighted by atomic mass is 16.3. The molecule has 1 amide bonds. The molecule has 0 fully saturated rings. The third kappa shape index (κ3) is 3.48. The van der Waals surface area contributed by atoms with Gasteiger partial charge in [-0.05, 0) is 47.7 Å². The number of carbonyl (C=O) groups excluding carboxylic acids is 1. The van der Waals surface area contributed by atoms with Crippen LogP contribution in [0.2, 0.25) is 0 Å². The number of carbonyl (C=O) groups is 1. The summed E-state index contributed by atoms with van der Waals surface area (Å²) in [5, 5.41) is 3.96. The molecular formula is C20H22N2O2. The van der Waals surface area contributed by atoms with Gasteiger partial charge in [0, 0.05) is 29.9 Å². The van der Waals surface area contributed by atoms with E-state index in [2.05, 4.69) is 43.2 Å². The Labute approximate surface area is 141 Å². The maximum Gasteiger partial charge on any atom is 0.224 e. The monoisotopic (exact) mass is 322 g/mol. The molecule has 0 unspecified atom stereocenters. The predicted molar refractivity (Wildman–Crippen MR) is 94.8 cm³/mol. The molecule has 2 aromatic heterocycles. The molecule has 0 aliphatic carbocycles. The number of hydrogen-bond acceptors (Lipinski definition) is 3. The van der Waals surface area contributed by atoms with E-state index in [0.717, 1.165) is 22.1 Å². The predicted octanol–water partition coefficient (Wildman–Crippen LogP) is 4.12. The summed E-state index contributed by atoms with van der Waals surface area (Å²) >= 11 is 0. The molecule has 4 heteroatoms. The minimum atomic E-state index is -0.0202. The number of amides is 1. The summed E-state index contributed by atoms with van der Waals surface area (Å²) in [6.07, 6.45) is 5.48. The van der Waals surface area contributed by atoms with Crippen LogP contribution in [0, 0.1) is 6.92 Å². The fraction of sp³-hybridized carbons (Fsp3) is 0.300. The maximum absolute atomic E-state index is 12.2. The van der Waals surface area contributed by atoms with Crippen LogP contribution in [0.25, 0.3) is 11.0 Å². The number of aryl methyl sites for hydroxylation is 1. The fourth-order valence-electron chi connectivity index (χ4n) is 2.94. The summed E-state index contributed by atoms with van der Waals surface area (Å²) in [6.45, 7) is 6.93. The highest BCUT2D eigenvalue weighted by molar-refractivity contribution is 5.88. The molecule has 0 saturated heterocycles. The Hall–Kier alpha value is -2.62. The molecule has 0 saturated carbocycles. The molecule has 0 radical (unpaired) electrons. The number of aromatic nitrogens is 1. The number of nitrogens with one attached hydrogen (secondary N) is 1. The van der Waals surface area contributed by atoms with Gasteiger partial charge in [-0.25, -0.2) is 0 Å². The van der Waals surface area contributed by atoms with Gasteiger partial charge >= 0.3 is 0 Å². The summed E-state index contributed by atoms with van der Waals surface area (Å²) < 4.78 is 5.64. The molecule has 0 aliphatic rings. The SMILES string of the molecule is Cc1cc2occ(CC(=O)NCc3cccnc3)c2cc1C(C)C. The van der Waals surface area contributed by atoms with E-state index in [1.807, 2.05) is 12.1 Å². The van der Waals surface area contributed by atoms with Crippen LogP contribution in [-0.4, -0.2) is 10.9 Å². The smallest absolute Gasteiger partial charge is 0.224 e. The first-order chi connectivity index (χ1) is 11.5. The van der Waals surface area contributed by atoms with Crippen molar-refractivity contribution in [2.75, 3.05) is 0 Å². The summed E-state index contributed by atoms with van der Waals surface area (Å²) in [7, 11) is 0. The lowest BCUT2D eigenvalue weighted by atomic mass is 9.95. The Balaban J connectivity index is 1.75. The molecule has 1 aromatic carbocycles. The Morgan fingerprint density at radius 1 is 1.33 bits per heavy atom. The molecule has 124 valence electrons. The molecule has 4 nitrogen and oxygen atoms in total. The van der Waals surface area contributed by atoms with Crippen LogP contribution < -0.4 is 5.32 Å². The van der Waals surface area contributed by atoms with Crippen molar-refractivity contribution in [2.24, 2.45) is 0 Å². The minimum Gasteiger partial charge on any atom is -0.464 e. The number of fused-ring (bicyclic) bond motifs is 1. The topological polar surface area (TPSA) is 55.1 Å². The van der Waals surface area contributed by atoms with Crippen molar-refractivity contribution in [1.29, 1.82) is 0 Å². The van der Waals surface area contributed by atoms with Gasteiger partial charge in [-0.2, -0.15) is 0 Å². The van der Waals surface area contributed by atoms with Gasteiger partial charge in [-0.15, -0.1) is 0 Å². The Kier molecular flexibility index (Phi) is 4.65. The number of rotatable bonds is 5. The van der Waals surface area contributed by atoms with Crippen LogP contribution in [-0.2, 0) is 17.8 Å². The van der Waals surface area contributed by atoms with E-state index in [9.17, 15) is 4.79 Å². The summed E-state index contributed by atoms with van der Waals surface area (Å²) in [5.41, 5.74) is 5.27. The largest absolute Gasteiger partial charge is 0.464 e. The van der Waals surface area contributed by atoms with Gasteiger partial charge in [-0.1, -0.05) is 19.9 Å². The lowest BCUT2D eigenvalue weighted by Gasteiger charge is -2.10. The fourth-order valence-corrected chi connectivity index (χ4v) is 2.94. The van der Waals surface area contributed by atoms with E-state index in [-0.39, 0.29) is 5.91 Å². The average molecular weight is 322 g/mol. The summed E-state index contributed by atoms with van der Waals surface area (Å²) in [6, 6.07) is 8.02. The van der Waals surface area contributed by atoms with E-state index in [4.69, 9.17) is 4.42 Å². The van der Waals surface area contributed by atoms with E-state index >= 15 is 0 Å². The highest BCUT2D eigenvalue weighted by Crippen LogP contribution is 2.29. The van der Waals surface area contributed by atoms with Gasteiger partial charge < -0.3 is 9.73 Å². The van der Waals surface area contributed by atoms with Gasteiger partial charge in [0.15, 0.2) is 0 Å². The lowest BCUT2D eigenvalue weighted by Crippen LogP contribution is -2.24. The second kappa shape index (κ2) is 6.87.